The van der Waals surface area contributed by atoms with Crippen LogP contribution in [-0.4, -0.2) is 15.6 Å². The van der Waals surface area contributed by atoms with Crippen LogP contribution < -0.4 is 5.32 Å². The number of hydrogen-bond donors (Lipinski definition) is 1. The van der Waals surface area contributed by atoms with E-state index in [1.165, 1.54) is 0 Å². The second-order valence-corrected chi connectivity index (χ2v) is 8.43. The molecule has 1 heterocycles. The number of ketones is 1. The zero-order valence-electron chi connectivity index (χ0n) is 15.7. The van der Waals surface area contributed by atoms with Crippen molar-refractivity contribution in [3.8, 4) is 5.69 Å². The van der Waals surface area contributed by atoms with Crippen molar-refractivity contribution in [2.75, 3.05) is 5.32 Å². The second kappa shape index (κ2) is 6.54. The van der Waals surface area contributed by atoms with E-state index in [0.717, 1.165) is 29.1 Å². The molecular formula is C22H22ClN3O. The fraction of sp³-hybridized carbons (Fsp3) is 0.273. The molecule has 1 aliphatic rings. The molecule has 0 saturated carbocycles. The highest BCUT2D eigenvalue weighted by Gasteiger charge is 2.36. The largest absolute Gasteiger partial charge is 0.338 e. The van der Waals surface area contributed by atoms with Crippen LogP contribution in [-0.2, 0) is 6.42 Å². The first-order valence-electron chi connectivity index (χ1n) is 9.07. The lowest BCUT2D eigenvalue weighted by atomic mass is 9.76. The minimum atomic E-state index is -0.0884. The molecule has 1 aliphatic carbocycles. The second-order valence-electron chi connectivity index (χ2n) is 7.99. The molecule has 0 amide bonds. The van der Waals surface area contributed by atoms with Gasteiger partial charge < -0.3 is 5.32 Å². The zero-order chi connectivity index (χ0) is 19.2. The van der Waals surface area contributed by atoms with Gasteiger partial charge in [-0.15, -0.1) is 5.10 Å². The van der Waals surface area contributed by atoms with Crippen LogP contribution in [0.3, 0.4) is 0 Å². The Morgan fingerprint density at radius 2 is 1.85 bits per heavy atom. The molecule has 0 unspecified atom stereocenters. The Hall–Kier alpha value is -2.59. The number of nitrogens with one attached hydrogen (secondary N) is 1. The topological polar surface area (TPSA) is 46.9 Å². The van der Waals surface area contributed by atoms with Crippen molar-refractivity contribution in [1.29, 1.82) is 0 Å². The highest BCUT2D eigenvalue weighted by atomic mass is 35.5. The molecule has 1 aromatic heterocycles. The molecular weight excluding hydrogens is 358 g/mol. The molecule has 27 heavy (non-hydrogen) atoms. The zero-order valence-corrected chi connectivity index (χ0v) is 16.5. The Morgan fingerprint density at radius 1 is 1.11 bits per heavy atom. The first kappa shape index (κ1) is 17.8. The first-order valence-corrected chi connectivity index (χ1v) is 9.45. The van der Waals surface area contributed by atoms with E-state index in [0.29, 0.717) is 22.8 Å². The van der Waals surface area contributed by atoms with Gasteiger partial charge in [0.15, 0.2) is 11.6 Å². The maximum atomic E-state index is 13.0. The van der Waals surface area contributed by atoms with E-state index < -0.39 is 0 Å². The maximum absolute atomic E-state index is 13.0. The smallest absolute Gasteiger partial charge is 0.169 e. The summed E-state index contributed by atoms with van der Waals surface area (Å²) in [4.78, 5) is 13.0. The van der Waals surface area contributed by atoms with Crippen molar-refractivity contribution >= 4 is 28.9 Å². The lowest BCUT2D eigenvalue weighted by Crippen LogP contribution is -2.28. The Kier molecular flexibility index (Phi) is 4.31. The Labute approximate surface area is 164 Å². The van der Waals surface area contributed by atoms with Gasteiger partial charge in [0.05, 0.1) is 16.9 Å². The van der Waals surface area contributed by atoms with Crippen LogP contribution in [0.25, 0.3) is 5.69 Å². The quantitative estimate of drug-likeness (QED) is 0.631. The standard InChI is InChI=1S/C22H22ClN3O/c1-14-5-4-6-16(11-14)24-21-20-18(12-22(2,3)13-19(20)27)26(25-21)17-9-7-15(23)8-10-17/h4-11H,12-13H2,1-3H3,(H,24,25). The Bertz CT molecular complexity index is 1020. The molecule has 2 aromatic carbocycles. The van der Waals surface area contributed by atoms with Crippen molar-refractivity contribution < 1.29 is 4.79 Å². The lowest BCUT2D eigenvalue weighted by molar-refractivity contribution is 0.0912. The monoisotopic (exact) mass is 379 g/mol. The van der Waals surface area contributed by atoms with Gasteiger partial charge in [-0.05, 0) is 60.7 Å². The molecule has 0 saturated heterocycles. The number of carbonyl (C=O) groups excluding carboxylic acids is 1. The van der Waals surface area contributed by atoms with Crippen LogP contribution in [0.2, 0.25) is 5.02 Å². The predicted molar refractivity (Wildman–Crippen MR) is 109 cm³/mol. The van der Waals surface area contributed by atoms with E-state index in [4.69, 9.17) is 16.7 Å². The van der Waals surface area contributed by atoms with Gasteiger partial charge >= 0.3 is 0 Å². The van der Waals surface area contributed by atoms with E-state index in [9.17, 15) is 4.79 Å². The molecule has 0 fully saturated rings. The number of fused-ring (bicyclic) bond motifs is 1. The van der Waals surface area contributed by atoms with E-state index >= 15 is 0 Å². The highest BCUT2D eigenvalue weighted by molar-refractivity contribution is 6.30. The Morgan fingerprint density at radius 3 is 2.56 bits per heavy atom. The molecule has 0 radical (unpaired) electrons. The summed E-state index contributed by atoms with van der Waals surface area (Å²) in [5, 5.41) is 8.80. The fourth-order valence-electron chi connectivity index (χ4n) is 3.69. The molecule has 0 atom stereocenters. The van der Waals surface area contributed by atoms with E-state index in [1.54, 1.807) is 0 Å². The van der Waals surface area contributed by atoms with Crippen molar-refractivity contribution in [3.63, 3.8) is 0 Å². The summed E-state index contributed by atoms with van der Waals surface area (Å²) in [6.45, 7) is 6.29. The number of Topliss-reactive ketones (excluding diaryl/α,β-unsaturated/α-hetero) is 1. The third-order valence-electron chi connectivity index (χ3n) is 4.90. The summed E-state index contributed by atoms with van der Waals surface area (Å²) >= 11 is 6.04. The molecule has 4 rings (SSSR count). The van der Waals surface area contributed by atoms with Gasteiger partial charge in [0, 0.05) is 17.1 Å². The SMILES string of the molecule is Cc1cccc(Nc2nn(-c3ccc(Cl)cc3)c3c2C(=O)CC(C)(C)C3)c1. The molecule has 3 aromatic rings. The third kappa shape index (κ3) is 3.50. The van der Waals surface area contributed by atoms with Crippen molar-refractivity contribution in [2.24, 2.45) is 5.41 Å². The van der Waals surface area contributed by atoms with Gasteiger partial charge in [-0.2, -0.15) is 0 Å². The fourth-order valence-corrected chi connectivity index (χ4v) is 3.82. The minimum absolute atomic E-state index is 0.0884. The highest BCUT2D eigenvalue weighted by Crippen LogP contribution is 2.39. The molecule has 0 bridgehead atoms. The average molecular weight is 380 g/mol. The van der Waals surface area contributed by atoms with Gasteiger partial charge in [-0.25, -0.2) is 4.68 Å². The van der Waals surface area contributed by atoms with Crippen molar-refractivity contribution in [1.82, 2.24) is 9.78 Å². The summed E-state index contributed by atoms with van der Waals surface area (Å²) in [5.74, 6) is 0.752. The number of benzene rings is 2. The third-order valence-corrected chi connectivity index (χ3v) is 5.15. The van der Waals surface area contributed by atoms with E-state index in [1.807, 2.05) is 60.1 Å². The average Bonchev–Trinajstić information content (AvgIpc) is 2.92. The number of halogens is 1. The van der Waals surface area contributed by atoms with Crippen molar-refractivity contribution in [3.05, 3.63) is 70.4 Å². The number of hydrogen-bond acceptors (Lipinski definition) is 3. The number of aryl methyl sites for hydroxylation is 1. The summed E-state index contributed by atoms with van der Waals surface area (Å²) in [6, 6.07) is 15.6. The van der Waals surface area contributed by atoms with Gasteiger partial charge in [0.1, 0.15) is 0 Å². The minimum Gasteiger partial charge on any atom is -0.338 e. The number of rotatable bonds is 3. The molecule has 4 nitrogen and oxygen atoms in total. The van der Waals surface area contributed by atoms with Crippen molar-refractivity contribution in [2.45, 2.75) is 33.6 Å². The molecule has 0 spiro atoms. The van der Waals surface area contributed by atoms with Crippen LogP contribution >= 0.6 is 11.6 Å². The lowest BCUT2D eigenvalue weighted by Gasteiger charge is -2.29. The van der Waals surface area contributed by atoms with Crippen LogP contribution in [0.4, 0.5) is 11.5 Å². The maximum Gasteiger partial charge on any atom is 0.169 e. The summed E-state index contributed by atoms with van der Waals surface area (Å²) in [6.07, 6.45) is 1.31. The van der Waals surface area contributed by atoms with Crippen LogP contribution in [0.5, 0.6) is 0 Å². The van der Waals surface area contributed by atoms with Crippen LogP contribution in [0.1, 0.15) is 41.9 Å². The molecule has 5 heteroatoms. The van der Waals surface area contributed by atoms with Crippen LogP contribution in [0.15, 0.2) is 48.5 Å². The normalized spacial score (nSPS) is 15.5. The van der Waals surface area contributed by atoms with Crippen LogP contribution in [0, 0.1) is 12.3 Å². The van der Waals surface area contributed by atoms with E-state index in [2.05, 4.69) is 19.2 Å². The van der Waals surface area contributed by atoms with Gasteiger partial charge in [0.25, 0.3) is 0 Å². The molecule has 1 N–H and O–H groups in total. The summed E-state index contributed by atoms with van der Waals surface area (Å²) in [5.41, 5.74) is 4.54. The molecule has 0 aliphatic heterocycles. The first-order chi connectivity index (χ1) is 12.8. The molecule has 138 valence electrons. The van der Waals surface area contributed by atoms with Gasteiger partial charge in [0.2, 0.25) is 0 Å². The Balaban J connectivity index is 1.85. The van der Waals surface area contributed by atoms with Gasteiger partial charge in [-0.1, -0.05) is 37.6 Å². The number of anilines is 2. The number of nitrogens with zero attached hydrogens (tertiary/aromatic N) is 2. The summed E-state index contributed by atoms with van der Waals surface area (Å²) < 4.78 is 1.88. The summed E-state index contributed by atoms with van der Waals surface area (Å²) in [7, 11) is 0. The number of carbonyl (C=O) groups is 1. The predicted octanol–water partition coefficient (Wildman–Crippen LogP) is 5.73. The van der Waals surface area contributed by atoms with Gasteiger partial charge in [-0.3, -0.25) is 4.79 Å². The van der Waals surface area contributed by atoms with E-state index in [-0.39, 0.29) is 11.2 Å². The number of aromatic nitrogens is 2.